The maximum absolute atomic E-state index is 13.0. The topological polar surface area (TPSA) is 81.0 Å². The molecule has 0 N–H and O–H groups in total. The number of aromatic nitrogens is 2. The Labute approximate surface area is 151 Å². The molecule has 7 nitrogen and oxygen atoms in total. The van der Waals surface area contributed by atoms with Crippen LogP contribution in [0.4, 0.5) is 5.69 Å². The summed E-state index contributed by atoms with van der Waals surface area (Å²) in [5.74, 6) is -0.294. The average molecular weight is 367 g/mol. The van der Waals surface area contributed by atoms with E-state index in [4.69, 9.17) is 4.74 Å². The zero-order chi connectivity index (χ0) is 18.0. The number of methoxy groups -OCH3 is 1. The molecule has 1 aromatic carbocycles. The van der Waals surface area contributed by atoms with Crippen LogP contribution in [0.25, 0.3) is 4.96 Å². The number of rotatable bonds is 2. The van der Waals surface area contributed by atoms with E-state index in [9.17, 15) is 14.4 Å². The van der Waals surface area contributed by atoms with Gasteiger partial charge in [0.05, 0.1) is 18.5 Å². The van der Waals surface area contributed by atoms with Gasteiger partial charge in [0.25, 0.3) is 17.4 Å². The van der Waals surface area contributed by atoms with Crippen molar-refractivity contribution in [3.05, 3.63) is 56.4 Å². The second-order valence-corrected chi connectivity index (χ2v) is 7.21. The Morgan fingerprint density at radius 1 is 1.08 bits per heavy atom. The van der Waals surface area contributed by atoms with E-state index in [1.165, 1.54) is 4.40 Å². The molecular formula is C18H13N3O4S. The number of carbonyl (C=O) groups is 2. The summed E-state index contributed by atoms with van der Waals surface area (Å²) in [6.07, 6.45) is 2.32. The number of ether oxygens (including phenoxy) is 1. The summed E-state index contributed by atoms with van der Waals surface area (Å²) in [7, 11) is 1.54. The number of anilines is 1. The molecule has 26 heavy (non-hydrogen) atoms. The number of hydrogen-bond acceptors (Lipinski definition) is 6. The molecule has 1 aliphatic heterocycles. The Morgan fingerprint density at radius 3 is 2.58 bits per heavy atom. The zero-order valence-corrected chi connectivity index (χ0v) is 14.6. The van der Waals surface area contributed by atoms with Gasteiger partial charge in [-0.2, -0.15) is 0 Å². The lowest BCUT2D eigenvalue weighted by atomic mass is 10.2. The quantitative estimate of drug-likeness (QED) is 0.648. The number of aryl methyl sites for hydroxylation is 1. The Morgan fingerprint density at radius 2 is 1.85 bits per heavy atom. The summed E-state index contributed by atoms with van der Waals surface area (Å²) >= 11 is 1.10. The van der Waals surface area contributed by atoms with E-state index in [1.54, 1.807) is 31.4 Å². The van der Waals surface area contributed by atoms with Gasteiger partial charge in [0.2, 0.25) is 0 Å². The molecule has 0 saturated carbocycles. The molecule has 0 fully saturated rings. The molecule has 5 rings (SSSR count). The highest BCUT2D eigenvalue weighted by atomic mass is 32.1. The fourth-order valence-corrected chi connectivity index (χ4v) is 4.64. The largest absolute Gasteiger partial charge is 0.497 e. The van der Waals surface area contributed by atoms with Crippen LogP contribution in [0.3, 0.4) is 0 Å². The van der Waals surface area contributed by atoms with Crippen molar-refractivity contribution in [2.24, 2.45) is 0 Å². The van der Waals surface area contributed by atoms with Crippen molar-refractivity contribution in [2.45, 2.75) is 19.3 Å². The van der Waals surface area contributed by atoms with Gasteiger partial charge in [-0.15, -0.1) is 0 Å². The van der Waals surface area contributed by atoms with Crippen LogP contribution in [-0.2, 0) is 12.8 Å². The number of nitrogens with zero attached hydrogens (tertiary/aromatic N) is 3. The standard InChI is InChI=1S/C18H13N3O4S/c1-25-10-7-5-9(6-8-10)20-16(23)13-14(17(20)24)26-18-19-12-4-2-3-11(12)15(22)21(13)18/h5-8H,2-4H2,1H3. The van der Waals surface area contributed by atoms with Crippen LogP contribution < -0.4 is 15.2 Å². The van der Waals surface area contributed by atoms with Gasteiger partial charge >= 0.3 is 0 Å². The molecule has 130 valence electrons. The molecular weight excluding hydrogens is 354 g/mol. The molecule has 0 saturated heterocycles. The van der Waals surface area contributed by atoms with Crippen molar-refractivity contribution >= 4 is 33.8 Å². The van der Waals surface area contributed by atoms with E-state index < -0.39 is 11.8 Å². The molecule has 0 bridgehead atoms. The first kappa shape index (κ1) is 15.3. The monoisotopic (exact) mass is 367 g/mol. The summed E-state index contributed by atoms with van der Waals surface area (Å²) in [5, 5.41) is 0. The van der Waals surface area contributed by atoms with Gasteiger partial charge in [0, 0.05) is 5.56 Å². The Balaban J connectivity index is 1.69. The van der Waals surface area contributed by atoms with E-state index in [2.05, 4.69) is 4.98 Å². The maximum Gasteiger partial charge on any atom is 0.284 e. The average Bonchev–Trinajstić information content (AvgIpc) is 3.32. The lowest BCUT2D eigenvalue weighted by molar-refractivity contribution is 0.0925. The van der Waals surface area contributed by atoms with Crippen molar-refractivity contribution < 1.29 is 14.3 Å². The number of fused-ring (bicyclic) bond motifs is 4. The van der Waals surface area contributed by atoms with Crippen LogP contribution in [0.1, 0.15) is 37.8 Å². The van der Waals surface area contributed by atoms with Crippen molar-refractivity contribution in [3.63, 3.8) is 0 Å². The van der Waals surface area contributed by atoms with E-state index in [1.807, 2.05) is 0 Å². The molecule has 0 radical (unpaired) electrons. The van der Waals surface area contributed by atoms with Gasteiger partial charge in [0.1, 0.15) is 16.3 Å². The third-order valence-corrected chi connectivity index (χ3v) is 5.87. The summed E-state index contributed by atoms with van der Waals surface area (Å²) in [5.41, 5.74) is 1.79. The third kappa shape index (κ3) is 1.87. The maximum atomic E-state index is 13.0. The second kappa shape index (κ2) is 5.25. The minimum absolute atomic E-state index is 0.123. The van der Waals surface area contributed by atoms with Crippen LogP contribution in [0.2, 0.25) is 0 Å². The predicted molar refractivity (Wildman–Crippen MR) is 95.5 cm³/mol. The smallest absolute Gasteiger partial charge is 0.284 e. The van der Waals surface area contributed by atoms with Crippen molar-refractivity contribution in [1.82, 2.24) is 9.38 Å². The molecule has 2 aliphatic rings. The van der Waals surface area contributed by atoms with Gasteiger partial charge in [-0.05, 0) is 43.5 Å². The molecule has 3 aromatic rings. The predicted octanol–water partition coefficient (Wildman–Crippen LogP) is 2.05. The first-order valence-corrected chi connectivity index (χ1v) is 9.02. The number of carbonyl (C=O) groups excluding carboxylic acids is 2. The molecule has 8 heteroatoms. The SMILES string of the molecule is COc1ccc(N2C(=O)c3sc4nc5c(c(=O)n4c3C2=O)CCC5)cc1. The number of amides is 2. The van der Waals surface area contributed by atoms with Gasteiger partial charge in [-0.1, -0.05) is 11.3 Å². The number of benzene rings is 1. The van der Waals surface area contributed by atoms with E-state index in [-0.39, 0.29) is 16.1 Å². The second-order valence-electron chi connectivity index (χ2n) is 6.24. The molecule has 1 aliphatic carbocycles. The van der Waals surface area contributed by atoms with Crippen LogP contribution in [0.5, 0.6) is 5.75 Å². The van der Waals surface area contributed by atoms with E-state index >= 15 is 0 Å². The number of hydrogen-bond donors (Lipinski definition) is 0. The van der Waals surface area contributed by atoms with Gasteiger partial charge in [-0.25, -0.2) is 14.3 Å². The molecule has 0 unspecified atom stereocenters. The van der Waals surface area contributed by atoms with E-state index in [0.717, 1.165) is 34.8 Å². The fraction of sp³-hybridized carbons (Fsp3) is 0.222. The molecule has 2 amide bonds. The highest BCUT2D eigenvalue weighted by molar-refractivity contribution is 7.19. The summed E-state index contributed by atoms with van der Waals surface area (Å²) in [6, 6.07) is 6.65. The Bertz CT molecular complexity index is 1160. The van der Waals surface area contributed by atoms with Crippen molar-refractivity contribution in [2.75, 3.05) is 12.0 Å². The minimum Gasteiger partial charge on any atom is -0.497 e. The van der Waals surface area contributed by atoms with Gasteiger partial charge in [0.15, 0.2) is 4.96 Å². The minimum atomic E-state index is -0.497. The fourth-order valence-electron chi connectivity index (χ4n) is 3.58. The Hall–Kier alpha value is -3.00. The summed E-state index contributed by atoms with van der Waals surface area (Å²) < 4.78 is 6.42. The first-order chi connectivity index (χ1) is 12.6. The normalized spacial score (nSPS) is 15.7. The summed E-state index contributed by atoms with van der Waals surface area (Å²) in [6.45, 7) is 0. The molecule has 3 heterocycles. The number of imide groups is 1. The molecule has 2 aromatic heterocycles. The number of thiazole rings is 1. The highest BCUT2D eigenvalue weighted by Gasteiger charge is 2.42. The van der Waals surface area contributed by atoms with Crippen LogP contribution in [0, 0.1) is 0 Å². The van der Waals surface area contributed by atoms with Crippen LogP contribution in [-0.4, -0.2) is 28.3 Å². The lowest BCUT2D eigenvalue weighted by Crippen LogP contribution is -2.31. The van der Waals surface area contributed by atoms with Crippen molar-refractivity contribution in [1.29, 1.82) is 0 Å². The first-order valence-electron chi connectivity index (χ1n) is 8.20. The third-order valence-electron chi connectivity index (χ3n) is 4.84. The van der Waals surface area contributed by atoms with Gasteiger partial charge < -0.3 is 4.74 Å². The van der Waals surface area contributed by atoms with E-state index in [0.29, 0.717) is 28.4 Å². The zero-order valence-electron chi connectivity index (χ0n) is 13.8. The van der Waals surface area contributed by atoms with Crippen LogP contribution >= 0.6 is 11.3 Å². The van der Waals surface area contributed by atoms with Gasteiger partial charge in [-0.3, -0.25) is 14.4 Å². The van der Waals surface area contributed by atoms with Crippen molar-refractivity contribution in [3.8, 4) is 5.75 Å². The molecule has 0 spiro atoms. The van der Waals surface area contributed by atoms with Crippen LogP contribution in [0.15, 0.2) is 29.1 Å². The molecule has 0 atom stereocenters. The summed E-state index contributed by atoms with van der Waals surface area (Å²) in [4.78, 5) is 45.0. The highest BCUT2D eigenvalue weighted by Crippen LogP contribution is 2.34. The Kier molecular flexibility index (Phi) is 3.08. The lowest BCUT2D eigenvalue weighted by Gasteiger charge is -2.14.